The molecule has 0 aliphatic rings. The second kappa shape index (κ2) is 6.16. The number of hydrogen-bond acceptors (Lipinski definition) is 4. The highest BCUT2D eigenvalue weighted by Crippen LogP contribution is 2.26. The maximum absolute atomic E-state index is 10.7. The molecule has 0 bridgehead atoms. The molecule has 5 heteroatoms. The van der Waals surface area contributed by atoms with E-state index in [4.69, 9.17) is 10.5 Å². The monoisotopic (exact) mass is 272 g/mol. The lowest BCUT2D eigenvalue weighted by Gasteiger charge is -2.10. The first-order chi connectivity index (χ1) is 9.60. The minimum Gasteiger partial charge on any atom is -0.457 e. The first-order valence-electron chi connectivity index (χ1n) is 6.38. The molecule has 2 aromatic rings. The summed E-state index contributed by atoms with van der Waals surface area (Å²) in [5.74, 6) is 1.06. The molecule has 0 aromatic heterocycles. The predicted octanol–water partition coefficient (Wildman–Crippen LogP) is 3.80. The Morgan fingerprint density at radius 2 is 1.90 bits per heavy atom. The predicted molar refractivity (Wildman–Crippen MR) is 76.8 cm³/mol. The van der Waals surface area contributed by atoms with Crippen molar-refractivity contribution in [3.05, 3.63) is 64.2 Å². The van der Waals surface area contributed by atoms with Gasteiger partial charge < -0.3 is 10.5 Å². The molecule has 2 aromatic carbocycles. The zero-order valence-electron chi connectivity index (χ0n) is 11.2. The van der Waals surface area contributed by atoms with Gasteiger partial charge in [-0.25, -0.2) is 0 Å². The summed E-state index contributed by atoms with van der Waals surface area (Å²) >= 11 is 0. The molecule has 0 fully saturated rings. The van der Waals surface area contributed by atoms with Crippen LogP contribution in [0.1, 0.15) is 24.9 Å². The van der Waals surface area contributed by atoms with Gasteiger partial charge in [-0.05, 0) is 30.2 Å². The van der Waals surface area contributed by atoms with E-state index in [1.165, 1.54) is 12.1 Å². The molecule has 0 unspecified atom stereocenters. The van der Waals surface area contributed by atoms with Crippen LogP contribution in [0.15, 0.2) is 48.5 Å². The van der Waals surface area contributed by atoms with Crippen molar-refractivity contribution in [2.45, 2.75) is 19.4 Å². The van der Waals surface area contributed by atoms with Crippen LogP contribution in [0.4, 0.5) is 5.69 Å². The minimum atomic E-state index is -0.448. The summed E-state index contributed by atoms with van der Waals surface area (Å²) in [5, 5.41) is 10.7. The van der Waals surface area contributed by atoms with Crippen LogP contribution in [0.25, 0.3) is 0 Å². The lowest BCUT2D eigenvalue weighted by atomic mass is 10.1. The fourth-order valence-corrected chi connectivity index (χ4v) is 1.82. The minimum absolute atomic E-state index is 0.00660. The molecule has 0 saturated carbocycles. The molecular weight excluding hydrogens is 256 g/mol. The number of benzene rings is 2. The van der Waals surface area contributed by atoms with Gasteiger partial charge in [-0.2, -0.15) is 0 Å². The Labute approximate surface area is 117 Å². The number of hydrogen-bond donors (Lipinski definition) is 1. The van der Waals surface area contributed by atoms with Crippen LogP contribution in [0.5, 0.6) is 11.5 Å². The number of rotatable bonds is 5. The van der Waals surface area contributed by atoms with Gasteiger partial charge in [0, 0.05) is 12.1 Å². The summed E-state index contributed by atoms with van der Waals surface area (Å²) in [5.41, 5.74) is 6.98. The normalized spacial score (nSPS) is 11.9. The first-order valence-corrected chi connectivity index (χ1v) is 6.38. The van der Waals surface area contributed by atoms with Crippen molar-refractivity contribution < 1.29 is 9.66 Å². The Kier molecular flexibility index (Phi) is 4.32. The third-order valence-electron chi connectivity index (χ3n) is 3.01. The van der Waals surface area contributed by atoms with Crippen LogP contribution in [-0.4, -0.2) is 4.92 Å². The third kappa shape index (κ3) is 3.33. The quantitative estimate of drug-likeness (QED) is 0.663. The van der Waals surface area contributed by atoms with Gasteiger partial charge in [0.05, 0.1) is 11.0 Å². The summed E-state index contributed by atoms with van der Waals surface area (Å²) < 4.78 is 5.59. The van der Waals surface area contributed by atoms with Crippen LogP contribution in [-0.2, 0) is 0 Å². The molecule has 2 N–H and O–H groups in total. The second-order valence-electron chi connectivity index (χ2n) is 4.44. The van der Waals surface area contributed by atoms with E-state index >= 15 is 0 Å². The van der Waals surface area contributed by atoms with Gasteiger partial charge in [0.2, 0.25) is 0 Å². The van der Waals surface area contributed by atoms with Crippen molar-refractivity contribution >= 4 is 5.69 Å². The Balaban J connectivity index is 2.14. The van der Waals surface area contributed by atoms with Crippen LogP contribution >= 0.6 is 0 Å². The first kappa shape index (κ1) is 14.0. The maximum Gasteiger partial charge on any atom is 0.273 e. The van der Waals surface area contributed by atoms with Gasteiger partial charge >= 0.3 is 0 Å². The molecule has 0 heterocycles. The van der Waals surface area contributed by atoms with E-state index in [1.807, 2.05) is 31.2 Å². The Morgan fingerprint density at radius 1 is 1.20 bits per heavy atom. The molecule has 0 spiro atoms. The average molecular weight is 272 g/mol. The largest absolute Gasteiger partial charge is 0.457 e. The van der Waals surface area contributed by atoms with E-state index in [1.54, 1.807) is 12.1 Å². The summed E-state index contributed by atoms with van der Waals surface area (Å²) in [4.78, 5) is 10.2. The number of ether oxygens (including phenoxy) is 1. The smallest absolute Gasteiger partial charge is 0.273 e. The van der Waals surface area contributed by atoms with Gasteiger partial charge in [-0.1, -0.05) is 25.1 Å². The molecule has 1 atom stereocenters. The summed E-state index contributed by atoms with van der Waals surface area (Å²) in [7, 11) is 0. The van der Waals surface area contributed by atoms with Crippen LogP contribution in [0, 0.1) is 10.1 Å². The van der Waals surface area contributed by atoms with Gasteiger partial charge in [-0.3, -0.25) is 10.1 Å². The van der Waals surface area contributed by atoms with E-state index in [0.29, 0.717) is 11.5 Å². The van der Waals surface area contributed by atoms with E-state index < -0.39 is 4.92 Å². The van der Waals surface area contributed by atoms with E-state index in [-0.39, 0.29) is 11.7 Å². The van der Waals surface area contributed by atoms with Gasteiger partial charge in [-0.15, -0.1) is 0 Å². The van der Waals surface area contributed by atoms with E-state index in [0.717, 1.165) is 12.0 Å². The molecule has 0 saturated heterocycles. The lowest BCUT2D eigenvalue weighted by molar-refractivity contribution is -0.384. The molecule has 0 aliphatic carbocycles. The molecule has 104 valence electrons. The molecule has 0 aliphatic heterocycles. The number of nitrogens with two attached hydrogens (primary N) is 1. The SMILES string of the molecule is CC[C@H](N)c1ccc(Oc2cccc([N+](=O)[O-])c2)cc1. The fourth-order valence-electron chi connectivity index (χ4n) is 1.82. The zero-order valence-corrected chi connectivity index (χ0v) is 11.2. The molecule has 0 amide bonds. The van der Waals surface area contributed by atoms with Gasteiger partial charge in [0.1, 0.15) is 11.5 Å². The molecule has 2 rings (SSSR count). The van der Waals surface area contributed by atoms with Crippen molar-refractivity contribution in [1.82, 2.24) is 0 Å². The highest BCUT2D eigenvalue weighted by Gasteiger charge is 2.07. The van der Waals surface area contributed by atoms with Crippen molar-refractivity contribution in [3.8, 4) is 11.5 Å². The summed E-state index contributed by atoms with van der Waals surface area (Å²) in [6.45, 7) is 2.03. The van der Waals surface area contributed by atoms with Crippen molar-refractivity contribution in [1.29, 1.82) is 0 Å². The maximum atomic E-state index is 10.7. The standard InChI is InChI=1S/C15H16N2O3/c1-2-15(16)11-6-8-13(9-7-11)20-14-5-3-4-12(10-14)17(18)19/h3-10,15H,2,16H2,1H3/t15-/m0/s1. The molecule has 0 radical (unpaired) electrons. The highest BCUT2D eigenvalue weighted by atomic mass is 16.6. The fraction of sp³-hybridized carbons (Fsp3) is 0.200. The summed E-state index contributed by atoms with van der Waals surface area (Å²) in [6.07, 6.45) is 0.866. The molecule has 20 heavy (non-hydrogen) atoms. The number of nitro benzene ring substituents is 1. The summed E-state index contributed by atoms with van der Waals surface area (Å²) in [6, 6.07) is 13.5. The van der Waals surface area contributed by atoms with Crippen LogP contribution in [0.3, 0.4) is 0 Å². The highest BCUT2D eigenvalue weighted by molar-refractivity contribution is 5.41. The van der Waals surface area contributed by atoms with Gasteiger partial charge in [0.15, 0.2) is 0 Å². The molecule has 5 nitrogen and oxygen atoms in total. The average Bonchev–Trinajstić information content (AvgIpc) is 2.47. The lowest BCUT2D eigenvalue weighted by Crippen LogP contribution is -2.07. The number of nitrogens with zero attached hydrogens (tertiary/aromatic N) is 1. The zero-order chi connectivity index (χ0) is 14.5. The topological polar surface area (TPSA) is 78.4 Å². The van der Waals surface area contributed by atoms with Crippen LogP contribution < -0.4 is 10.5 Å². The van der Waals surface area contributed by atoms with Crippen LogP contribution in [0.2, 0.25) is 0 Å². The van der Waals surface area contributed by atoms with Crippen molar-refractivity contribution in [2.75, 3.05) is 0 Å². The Bertz CT molecular complexity index is 596. The van der Waals surface area contributed by atoms with Gasteiger partial charge in [0.25, 0.3) is 5.69 Å². The molecular formula is C15H16N2O3. The second-order valence-corrected chi connectivity index (χ2v) is 4.44. The number of nitro groups is 1. The van der Waals surface area contributed by atoms with E-state index in [2.05, 4.69) is 0 Å². The third-order valence-corrected chi connectivity index (χ3v) is 3.01. The van der Waals surface area contributed by atoms with Crippen molar-refractivity contribution in [3.63, 3.8) is 0 Å². The van der Waals surface area contributed by atoms with E-state index in [9.17, 15) is 10.1 Å². The Morgan fingerprint density at radius 3 is 2.50 bits per heavy atom. The Hall–Kier alpha value is -2.40. The number of non-ortho nitro benzene ring substituents is 1. The van der Waals surface area contributed by atoms with Crippen molar-refractivity contribution in [2.24, 2.45) is 5.73 Å².